The Balaban J connectivity index is 1.42. The van der Waals surface area contributed by atoms with Gasteiger partial charge in [-0.3, -0.25) is 4.79 Å². The van der Waals surface area contributed by atoms with Crippen molar-refractivity contribution in [1.29, 1.82) is 0 Å². The number of rotatable bonds is 6. The number of hydrogen-bond acceptors (Lipinski definition) is 6. The minimum Gasteiger partial charge on any atom is -0.454 e. The maximum Gasteiger partial charge on any atom is 0.237 e. The number of ether oxygens (including phenoxy) is 2. The highest BCUT2D eigenvalue weighted by molar-refractivity contribution is 7.99. The summed E-state index contributed by atoms with van der Waals surface area (Å²) in [6, 6.07) is 14.8. The predicted molar refractivity (Wildman–Crippen MR) is 110 cm³/mol. The number of benzene rings is 2. The third kappa shape index (κ3) is 4.28. The van der Waals surface area contributed by atoms with Crippen molar-refractivity contribution in [3.05, 3.63) is 54.1 Å². The molecule has 8 heteroatoms. The van der Waals surface area contributed by atoms with Crippen LogP contribution in [0.5, 0.6) is 11.5 Å². The lowest BCUT2D eigenvalue weighted by atomic mass is 10.2. The molecule has 0 unspecified atom stereocenters. The first-order valence-electron chi connectivity index (χ1n) is 9.06. The third-order valence-corrected chi connectivity index (χ3v) is 7.55. The standard InChI is InChI=1S/C20H21NO5S2/c22-20(12-27-11-15-6-7-18-19(10-15)26-14-25-18)21(16-4-2-1-3-5-16)17-8-9-28(23,24)13-17/h1-7,10,17H,8-9,11-14H2/t17-/m1/s1. The average Bonchev–Trinajstić information content (AvgIpc) is 3.28. The van der Waals surface area contributed by atoms with Crippen LogP contribution < -0.4 is 14.4 Å². The van der Waals surface area contributed by atoms with E-state index >= 15 is 0 Å². The van der Waals surface area contributed by atoms with Gasteiger partial charge in [-0.05, 0) is 36.2 Å². The van der Waals surface area contributed by atoms with Gasteiger partial charge < -0.3 is 14.4 Å². The summed E-state index contributed by atoms with van der Waals surface area (Å²) in [6.45, 7) is 0.237. The number of sulfone groups is 1. The Morgan fingerprint density at radius 1 is 1.11 bits per heavy atom. The molecule has 2 aliphatic heterocycles. The molecule has 2 heterocycles. The molecule has 0 spiro atoms. The van der Waals surface area contributed by atoms with Crippen molar-refractivity contribution in [2.24, 2.45) is 0 Å². The fourth-order valence-corrected chi connectivity index (χ4v) is 6.01. The van der Waals surface area contributed by atoms with Crippen molar-refractivity contribution in [3.63, 3.8) is 0 Å². The first-order valence-corrected chi connectivity index (χ1v) is 12.0. The molecule has 0 bridgehead atoms. The van der Waals surface area contributed by atoms with E-state index in [0.29, 0.717) is 12.2 Å². The average molecular weight is 420 g/mol. The van der Waals surface area contributed by atoms with Crippen molar-refractivity contribution in [2.45, 2.75) is 18.2 Å². The molecule has 148 valence electrons. The molecule has 4 rings (SSSR count). The van der Waals surface area contributed by atoms with Gasteiger partial charge in [0.1, 0.15) is 0 Å². The van der Waals surface area contributed by atoms with Gasteiger partial charge in [0.15, 0.2) is 21.3 Å². The number of carbonyl (C=O) groups excluding carboxylic acids is 1. The molecule has 1 atom stereocenters. The van der Waals surface area contributed by atoms with Crippen LogP contribution in [0.2, 0.25) is 0 Å². The molecule has 0 radical (unpaired) electrons. The third-order valence-electron chi connectivity index (χ3n) is 4.81. The van der Waals surface area contributed by atoms with E-state index in [0.717, 1.165) is 22.7 Å². The summed E-state index contributed by atoms with van der Waals surface area (Å²) in [5.74, 6) is 2.50. The highest BCUT2D eigenvalue weighted by atomic mass is 32.2. The molecule has 2 aromatic rings. The SMILES string of the molecule is O=C(CSCc1ccc2c(c1)OCO2)N(c1ccccc1)[C@@H]1CCS(=O)(=O)C1. The highest BCUT2D eigenvalue weighted by Crippen LogP contribution is 2.33. The van der Waals surface area contributed by atoms with E-state index in [1.807, 2.05) is 48.5 Å². The monoisotopic (exact) mass is 419 g/mol. The number of amides is 1. The zero-order chi connectivity index (χ0) is 19.6. The summed E-state index contributed by atoms with van der Waals surface area (Å²) >= 11 is 1.50. The predicted octanol–water partition coefficient (Wildman–Crippen LogP) is 2.87. The van der Waals surface area contributed by atoms with Crippen molar-refractivity contribution in [2.75, 3.05) is 29.0 Å². The van der Waals surface area contributed by atoms with Gasteiger partial charge in [0.25, 0.3) is 0 Å². The summed E-state index contributed by atoms with van der Waals surface area (Å²) in [6.07, 6.45) is 0.482. The molecule has 0 aliphatic carbocycles. The largest absolute Gasteiger partial charge is 0.454 e. The molecule has 2 aliphatic rings. The molecule has 0 saturated carbocycles. The molecule has 1 saturated heterocycles. The summed E-state index contributed by atoms with van der Waals surface area (Å²) in [4.78, 5) is 14.6. The van der Waals surface area contributed by atoms with Crippen LogP contribution in [-0.4, -0.2) is 44.4 Å². The molecule has 28 heavy (non-hydrogen) atoms. The zero-order valence-electron chi connectivity index (χ0n) is 15.2. The molecule has 2 aromatic carbocycles. The Hall–Kier alpha value is -2.19. The number of hydrogen-bond donors (Lipinski definition) is 0. The minimum atomic E-state index is -3.08. The molecule has 0 aromatic heterocycles. The Bertz CT molecular complexity index is 962. The smallest absolute Gasteiger partial charge is 0.237 e. The molecule has 0 N–H and O–H groups in total. The Labute approximate surface area is 168 Å². The van der Waals surface area contributed by atoms with E-state index in [4.69, 9.17) is 9.47 Å². The van der Waals surface area contributed by atoms with Gasteiger partial charge in [0, 0.05) is 11.4 Å². The van der Waals surface area contributed by atoms with Crippen LogP contribution in [0.1, 0.15) is 12.0 Å². The molecular formula is C20H21NO5S2. The number of carbonyl (C=O) groups is 1. The number of nitrogens with zero attached hydrogens (tertiary/aromatic N) is 1. The first-order chi connectivity index (χ1) is 13.5. The van der Waals surface area contributed by atoms with Gasteiger partial charge in [0.2, 0.25) is 12.7 Å². The maximum absolute atomic E-state index is 13.0. The van der Waals surface area contributed by atoms with E-state index in [-0.39, 0.29) is 36.0 Å². The van der Waals surface area contributed by atoms with E-state index in [1.54, 1.807) is 4.90 Å². The molecule has 1 fully saturated rings. The van der Waals surface area contributed by atoms with E-state index < -0.39 is 9.84 Å². The number of thioether (sulfide) groups is 1. The molecule has 1 amide bonds. The fraction of sp³-hybridized carbons (Fsp3) is 0.350. The highest BCUT2D eigenvalue weighted by Gasteiger charge is 2.35. The lowest BCUT2D eigenvalue weighted by molar-refractivity contribution is -0.116. The summed E-state index contributed by atoms with van der Waals surface area (Å²) in [5.41, 5.74) is 1.80. The summed E-state index contributed by atoms with van der Waals surface area (Å²) in [7, 11) is -3.08. The summed E-state index contributed by atoms with van der Waals surface area (Å²) < 4.78 is 34.5. The first kappa shape index (κ1) is 19.1. The number of para-hydroxylation sites is 1. The Morgan fingerprint density at radius 2 is 1.89 bits per heavy atom. The normalized spacial score (nSPS) is 19.5. The Morgan fingerprint density at radius 3 is 2.64 bits per heavy atom. The van der Waals surface area contributed by atoms with Crippen LogP contribution in [0.25, 0.3) is 0 Å². The van der Waals surface area contributed by atoms with Crippen molar-refractivity contribution < 1.29 is 22.7 Å². The van der Waals surface area contributed by atoms with Crippen molar-refractivity contribution in [1.82, 2.24) is 0 Å². The second kappa shape index (κ2) is 8.05. The zero-order valence-corrected chi connectivity index (χ0v) is 16.9. The van der Waals surface area contributed by atoms with Crippen LogP contribution in [-0.2, 0) is 20.4 Å². The number of fused-ring (bicyclic) bond motifs is 1. The number of anilines is 1. The molecular weight excluding hydrogens is 398 g/mol. The second-order valence-corrected chi connectivity index (χ2v) is 10.1. The van der Waals surface area contributed by atoms with Gasteiger partial charge in [0.05, 0.1) is 23.3 Å². The van der Waals surface area contributed by atoms with Crippen LogP contribution in [0, 0.1) is 0 Å². The van der Waals surface area contributed by atoms with Crippen molar-refractivity contribution in [3.8, 4) is 11.5 Å². The van der Waals surface area contributed by atoms with Crippen LogP contribution in [0.15, 0.2) is 48.5 Å². The topological polar surface area (TPSA) is 72.9 Å². The van der Waals surface area contributed by atoms with Gasteiger partial charge in [-0.2, -0.15) is 0 Å². The molecule has 6 nitrogen and oxygen atoms in total. The minimum absolute atomic E-state index is 0.0282. The van der Waals surface area contributed by atoms with Gasteiger partial charge >= 0.3 is 0 Å². The fourth-order valence-electron chi connectivity index (χ4n) is 3.48. The van der Waals surface area contributed by atoms with Crippen LogP contribution in [0.4, 0.5) is 5.69 Å². The van der Waals surface area contributed by atoms with Crippen molar-refractivity contribution >= 4 is 33.2 Å². The van der Waals surface area contributed by atoms with E-state index in [9.17, 15) is 13.2 Å². The Kier molecular flexibility index (Phi) is 5.50. The van der Waals surface area contributed by atoms with Gasteiger partial charge in [-0.15, -0.1) is 11.8 Å². The van der Waals surface area contributed by atoms with Crippen LogP contribution >= 0.6 is 11.8 Å². The van der Waals surface area contributed by atoms with Gasteiger partial charge in [-0.1, -0.05) is 24.3 Å². The lowest BCUT2D eigenvalue weighted by Crippen LogP contribution is -2.42. The second-order valence-electron chi connectivity index (χ2n) is 6.84. The van der Waals surface area contributed by atoms with Gasteiger partial charge in [-0.25, -0.2) is 8.42 Å². The van der Waals surface area contributed by atoms with Crippen LogP contribution in [0.3, 0.4) is 0 Å². The maximum atomic E-state index is 13.0. The van der Waals surface area contributed by atoms with E-state index in [1.165, 1.54) is 11.8 Å². The quantitative estimate of drug-likeness (QED) is 0.717. The van der Waals surface area contributed by atoms with E-state index in [2.05, 4.69) is 0 Å². The summed E-state index contributed by atoms with van der Waals surface area (Å²) in [5, 5.41) is 0. The lowest BCUT2D eigenvalue weighted by Gasteiger charge is -2.28.